The Morgan fingerprint density at radius 1 is 1.19 bits per heavy atom. The van der Waals surface area contributed by atoms with Gasteiger partial charge in [0.05, 0.1) is 18.9 Å². The highest BCUT2D eigenvalue weighted by Gasteiger charge is 2.34. The number of pyridine rings is 1. The molecule has 3 aromatic heterocycles. The molecule has 2 atom stereocenters. The lowest BCUT2D eigenvalue weighted by molar-refractivity contribution is 0.128. The molecule has 4 rings (SSSR count). The SMILES string of the molecule is Cc1cc(C[C@@H]2COC[C@H]2N(Cc2ccncc2)Cc2cccs2)on1. The second-order valence-electron chi connectivity index (χ2n) is 6.84. The van der Waals surface area contributed by atoms with Crippen molar-refractivity contribution in [1.82, 2.24) is 15.0 Å². The molecular weight excluding hydrogens is 346 g/mol. The number of nitrogens with zero attached hydrogens (tertiary/aromatic N) is 3. The Morgan fingerprint density at radius 3 is 2.81 bits per heavy atom. The molecule has 5 nitrogen and oxygen atoms in total. The zero-order chi connectivity index (χ0) is 17.8. The van der Waals surface area contributed by atoms with E-state index in [9.17, 15) is 0 Å². The summed E-state index contributed by atoms with van der Waals surface area (Å²) in [6.45, 7) is 5.30. The van der Waals surface area contributed by atoms with E-state index in [-0.39, 0.29) is 0 Å². The molecule has 6 heteroatoms. The highest BCUT2D eigenvalue weighted by Crippen LogP contribution is 2.27. The maximum atomic E-state index is 5.87. The molecule has 3 aromatic rings. The summed E-state index contributed by atoms with van der Waals surface area (Å²) in [5.74, 6) is 1.35. The first-order valence-corrected chi connectivity index (χ1v) is 9.81. The normalized spacial score (nSPS) is 20.1. The largest absolute Gasteiger partial charge is 0.379 e. The van der Waals surface area contributed by atoms with Crippen LogP contribution in [0.25, 0.3) is 0 Å². The number of aryl methyl sites for hydroxylation is 1. The number of aromatic nitrogens is 2. The minimum Gasteiger partial charge on any atom is -0.379 e. The Morgan fingerprint density at radius 2 is 2.08 bits per heavy atom. The van der Waals surface area contributed by atoms with E-state index in [2.05, 4.69) is 44.7 Å². The van der Waals surface area contributed by atoms with Crippen molar-refractivity contribution in [2.24, 2.45) is 5.92 Å². The van der Waals surface area contributed by atoms with Gasteiger partial charge in [0.2, 0.25) is 0 Å². The summed E-state index contributed by atoms with van der Waals surface area (Å²) < 4.78 is 11.3. The van der Waals surface area contributed by atoms with Gasteiger partial charge in [-0.1, -0.05) is 11.2 Å². The van der Waals surface area contributed by atoms with E-state index < -0.39 is 0 Å². The average molecular weight is 369 g/mol. The van der Waals surface area contributed by atoms with Crippen molar-refractivity contribution in [3.63, 3.8) is 0 Å². The molecule has 1 fully saturated rings. The second kappa shape index (κ2) is 8.12. The molecule has 1 saturated heterocycles. The standard InChI is InChI=1S/C20H23N3O2S/c1-15-9-18(25-22-15)10-17-13-24-14-20(17)23(12-19-3-2-8-26-19)11-16-4-6-21-7-5-16/h2-9,17,20H,10-14H2,1H3/t17-,20-/m1/s1. The summed E-state index contributed by atoms with van der Waals surface area (Å²) in [5.41, 5.74) is 2.21. The summed E-state index contributed by atoms with van der Waals surface area (Å²) in [6.07, 6.45) is 4.58. The molecule has 0 aromatic carbocycles. The van der Waals surface area contributed by atoms with Gasteiger partial charge in [-0.15, -0.1) is 11.3 Å². The molecule has 1 aliphatic heterocycles. The third-order valence-electron chi connectivity index (χ3n) is 4.85. The number of hydrogen-bond acceptors (Lipinski definition) is 6. The van der Waals surface area contributed by atoms with Gasteiger partial charge in [-0.2, -0.15) is 0 Å². The van der Waals surface area contributed by atoms with Gasteiger partial charge < -0.3 is 9.26 Å². The fourth-order valence-electron chi connectivity index (χ4n) is 3.57. The van der Waals surface area contributed by atoms with E-state index in [0.717, 1.165) is 44.2 Å². The van der Waals surface area contributed by atoms with E-state index >= 15 is 0 Å². The van der Waals surface area contributed by atoms with Crippen molar-refractivity contribution in [2.75, 3.05) is 13.2 Å². The fraction of sp³-hybridized carbons (Fsp3) is 0.400. The van der Waals surface area contributed by atoms with Gasteiger partial charge in [0.15, 0.2) is 0 Å². The van der Waals surface area contributed by atoms with Crippen LogP contribution in [-0.4, -0.2) is 34.3 Å². The highest BCUT2D eigenvalue weighted by molar-refractivity contribution is 7.09. The van der Waals surface area contributed by atoms with Crippen LogP contribution in [-0.2, 0) is 24.2 Å². The van der Waals surface area contributed by atoms with Crippen molar-refractivity contribution < 1.29 is 9.26 Å². The van der Waals surface area contributed by atoms with Crippen LogP contribution in [0.2, 0.25) is 0 Å². The van der Waals surface area contributed by atoms with Crippen LogP contribution in [0.4, 0.5) is 0 Å². The molecule has 0 bridgehead atoms. The van der Waals surface area contributed by atoms with E-state index in [0.29, 0.717) is 12.0 Å². The highest BCUT2D eigenvalue weighted by atomic mass is 32.1. The summed E-state index contributed by atoms with van der Waals surface area (Å²) in [4.78, 5) is 8.04. The van der Waals surface area contributed by atoms with Gasteiger partial charge in [-0.25, -0.2) is 0 Å². The second-order valence-corrected chi connectivity index (χ2v) is 7.88. The summed E-state index contributed by atoms with van der Waals surface area (Å²) in [6, 6.07) is 10.9. The monoisotopic (exact) mass is 369 g/mol. The molecule has 0 aliphatic carbocycles. The molecular formula is C20H23N3O2S. The first-order valence-electron chi connectivity index (χ1n) is 8.93. The molecule has 1 aliphatic rings. The first-order chi connectivity index (χ1) is 12.8. The lowest BCUT2D eigenvalue weighted by Crippen LogP contribution is -2.40. The number of ether oxygens (including phenoxy) is 1. The van der Waals surface area contributed by atoms with Gasteiger partial charge >= 0.3 is 0 Å². The van der Waals surface area contributed by atoms with Crippen LogP contribution in [0.15, 0.2) is 52.6 Å². The minimum absolute atomic E-state index is 0.357. The van der Waals surface area contributed by atoms with E-state index in [1.807, 2.05) is 25.4 Å². The van der Waals surface area contributed by atoms with Crippen LogP contribution in [0, 0.1) is 12.8 Å². The Balaban J connectivity index is 1.52. The fourth-order valence-corrected chi connectivity index (χ4v) is 4.30. The summed E-state index contributed by atoms with van der Waals surface area (Å²) in [5, 5.41) is 6.16. The average Bonchev–Trinajstić information content (AvgIpc) is 3.39. The Bertz CT molecular complexity index is 804. The summed E-state index contributed by atoms with van der Waals surface area (Å²) >= 11 is 1.81. The molecule has 0 amide bonds. The van der Waals surface area contributed by atoms with E-state index in [4.69, 9.17) is 9.26 Å². The maximum absolute atomic E-state index is 5.87. The van der Waals surface area contributed by atoms with Gasteiger partial charge in [0.1, 0.15) is 5.76 Å². The lowest BCUT2D eigenvalue weighted by Gasteiger charge is -2.31. The first kappa shape index (κ1) is 17.4. The topological polar surface area (TPSA) is 51.4 Å². The van der Waals surface area contributed by atoms with Gasteiger partial charge in [-0.3, -0.25) is 9.88 Å². The maximum Gasteiger partial charge on any atom is 0.137 e. The van der Waals surface area contributed by atoms with Gasteiger partial charge in [0, 0.05) is 54.8 Å². The smallest absolute Gasteiger partial charge is 0.137 e. The van der Waals surface area contributed by atoms with Crippen molar-refractivity contribution >= 4 is 11.3 Å². The van der Waals surface area contributed by atoms with Crippen molar-refractivity contribution in [2.45, 2.75) is 32.5 Å². The van der Waals surface area contributed by atoms with Crippen molar-refractivity contribution in [1.29, 1.82) is 0 Å². The quantitative estimate of drug-likeness (QED) is 0.636. The molecule has 136 valence electrons. The number of rotatable bonds is 7. The van der Waals surface area contributed by atoms with E-state index in [1.54, 1.807) is 11.3 Å². The lowest BCUT2D eigenvalue weighted by atomic mass is 9.96. The zero-order valence-corrected chi connectivity index (χ0v) is 15.7. The summed E-state index contributed by atoms with van der Waals surface area (Å²) in [7, 11) is 0. The number of hydrogen-bond donors (Lipinski definition) is 0. The van der Waals surface area contributed by atoms with Gasteiger partial charge in [-0.05, 0) is 36.1 Å². The molecule has 0 radical (unpaired) electrons. The molecule has 26 heavy (non-hydrogen) atoms. The minimum atomic E-state index is 0.357. The van der Waals surface area contributed by atoms with Crippen LogP contribution in [0.5, 0.6) is 0 Å². The zero-order valence-electron chi connectivity index (χ0n) is 14.9. The van der Waals surface area contributed by atoms with E-state index in [1.165, 1.54) is 10.4 Å². The van der Waals surface area contributed by atoms with Crippen LogP contribution < -0.4 is 0 Å². The predicted octanol–water partition coefficient (Wildman–Crippen LogP) is 3.70. The molecule has 4 heterocycles. The number of thiophene rings is 1. The third-order valence-corrected chi connectivity index (χ3v) is 5.71. The Hall–Kier alpha value is -2.02. The predicted molar refractivity (Wildman–Crippen MR) is 101 cm³/mol. The van der Waals surface area contributed by atoms with Crippen LogP contribution >= 0.6 is 11.3 Å². The molecule has 0 saturated carbocycles. The van der Waals surface area contributed by atoms with Gasteiger partial charge in [0.25, 0.3) is 0 Å². The third kappa shape index (κ3) is 4.20. The molecule has 0 spiro atoms. The van der Waals surface area contributed by atoms with Crippen LogP contribution in [0.1, 0.15) is 21.9 Å². The van der Waals surface area contributed by atoms with Crippen molar-refractivity contribution in [3.05, 3.63) is 70.0 Å². The van der Waals surface area contributed by atoms with Crippen molar-refractivity contribution in [3.8, 4) is 0 Å². The molecule has 0 N–H and O–H groups in total. The Kier molecular flexibility index (Phi) is 5.43. The molecule has 0 unspecified atom stereocenters. The Labute approximate surface area is 157 Å². The van der Waals surface area contributed by atoms with Crippen LogP contribution in [0.3, 0.4) is 0 Å².